The van der Waals surface area contributed by atoms with Crippen LogP contribution >= 0.6 is 0 Å². The Hall–Kier alpha value is -1.90. The van der Waals surface area contributed by atoms with Gasteiger partial charge in [0, 0.05) is 12.1 Å². The molecule has 0 aromatic carbocycles. The van der Waals surface area contributed by atoms with Crippen molar-refractivity contribution in [3.63, 3.8) is 0 Å². The van der Waals surface area contributed by atoms with Gasteiger partial charge in [0.1, 0.15) is 13.6 Å². The van der Waals surface area contributed by atoms with Gasteiger partial charge in [0.05, 0.1) is 12.1 Å². The highest BCUT2D eigenvalue weighted by Crippen LogP contribution is 2.12. The number of aryl methyl sites for hydroxylation is 2. The number of nitrogens with zero attached hydrogens (tertiary/aromatic N) is 2. The van der Waals surface area contributed by atoms with Crippen molar-refractivity contribution in [2.45, 2.75) is 13.5 Å². The molecule has 0 aliphatic rings. The molecule has 0 saturated heterocycles. The highest BCUT2D eigenvalue weighted by atomic mass is 16.5. The van der Waals surface area contributed by atoms with Crippen LogP contribution < -0.4 is 13.9 Å². The maximum absolute atomic E-state index is 5.86. The first-order chi connectivity index (χ1) is 7.81. The Morgan fingerprint density at radius 3 is 2.38 bits per heavy atom. The maximum atomic E-state index is 5.86. The number of pyridine rings is 2. The van der Waals surface area contributed by atoms with Gasteiger partial charge in [-0.2, -0.15) is 9.13 Å². The molecular weight excluding hydrogens is 200 g/mol. The van der Waals surface area contributed by atoms with Crippen LogP contribution in [0, 0.1) is 0 Å². The fourth-order valence-corrected chi connectivity index (χ4v) is 1.54. The quantitative estimate of drug-likeness (QED) is 0.712. The summed E-state index contributed by atoms with van der Waals surface area (Å²) in [6.45, 7) is 2.99. The van der Waals surface area contributed by atoms with Crippen molar-refractivity contribution in [1.82, 2.24) is 0 Å². The van der Waals surface area contributed by atoms with Gasteiger partial charge in [-0.05, 0) is 19.1 Å². The number of hydrogen-bond donors (Lipinski definition) is 0. The number of aromatic nitrogens is 2. The van der Waals surface area contributed by atoms with Crippen LogP contribution in [-0.2, 0) is 13.6 Å². The molecule has 3 nitrogen and oxygen atoms in total. The Kier molecular flexibility index (Phi) is 3.15. The van der Waals surface area contributed by atoms with Gasteiger partial charge < -0.3 is 4.74 Å². The van der Waals surface area contributed by atoms with Crippen LogP contribution in [-0.4, -0.2) is 0 Å². The fourth-order valence-electron chi connectivity index (χ4n) is 1.54. The van der Waals surface area contributed by atoms with Gasteiger partial charge in [-0.15, -0.1) is 0 Å². The minimum atomic E-state index is 0.830. The molecule has 0 bridgehead atoms. The molecule has 0 radical (unpaired) electrons. The molecule has 0 fully saturated rings. The van der Waals surface area contributed by atoms with E-state index in [1.807, 2.05) is 60.4 Å². The van der Waals surface area contributed by atoms with Crippen molar-refractivity contribution in [2.24, 2.45) is 7.05 Å². The highest BCUT2D eigenvalue weighted by molar-refractivity contribution is 5.11. The zero-order valence-corrected chi connectivity index (χ0v) is 9.63. The number of rotatable bonds is 3. The molecule has 0 aliphatic heterocycles. The summed E-state index contributed by atoms with van der Waals surface area (Å²) in [5, 5.41) is 0. The minimum absolute atomic E-state index is 0.830. The Labute approximate surface area is 95.6 Å². The van der Waals surface area contributed by atoms with Crippen molar-refractivity contribution >= 4 is 0 Å². The molecule has 0 saturated carbocycles. The highest BCUT2D eigenvalue weighted by Gasteiger charge is 2.14. The average Bonchev–Trinajstić information content (AvgIpc) is 2.33. The average molecular weight is 216 g/mol. The van der Waals surface area contributed by atoms with Crippen molar-refractivity contribution in [2.75, 3.05) is 0 Å². The van der Waals surface area contributed by atoms with Crippen molar-refractivity contribution < 1.29 is 13.9 Å². The monoisotopic (exact) mass is 216 g/mol. The normalized spacial score (nSPS) is 10.1. The van der Waals surface area contributed by atoms with Crippen LogP contribution in [0.3, 0.4) is 0 Å². The van der Waals surface area contributed by atoms with Crippen LogP contribution in [0.4, 0.5) is 0 Å². The maximum Gasteiger partial charge on any atom is 0.377 e. The third-order valence-corrected chi connectivity index (χ3v) is 2.46. The van der Waals surface area contributed by atoms with E-state index in [9.17, 15) is 0 Å². The lowest BCUT2D eigenvalue weighted by molar-refractivity contribution is -0.708. The number of hydrogen-bond acceptors (Lipinski definition) is 1. The zero-order chi connectivity index (χ0) is 11.4. The van der Waals surface area contributed by atoms with E-state index in [2.05, 4.69) is 11.5 Å². The predicted molar refractivity (Wildman–Crippen MR) is 60.0 cm³/mol. The van der Waals surface area contributed by atoms with Gasteiger partial charge in [0.2, 0.25) is 0 Å². The first kappa shape index (κ1) is 10.6. The number of ether oxygens (including phenoxy) is 1. The Bertz CT molecular complexity index is 483. The summed E-state index contributed by atoms with van der Waals surface area (Å²) < 4.78 is 9.87. The van der Waals surface area contributed by atoms with E-state index in [-0.39, 0.29) is 0 Å². The van der Waals surface area contributed by atoms with Gasteiger partial charge in [-0.25, -0.2) is 0 Å². The van der Waals surface area contributed by atoms with Gasteiger partial charge >= 0.3 is 11.8 Å². The standard InChI is InChI=1S/C13H16N2O/c1-3-15-11-7-5-9-13(15)16-12-8-4-6-10-14(12)2/h4-11H,3H2,1-2H3/q+2. The van der Waals surface area contributed by atoms with E-state index in [4.69, 9.17) is 4.74 Å². The van der Waals surface area contributed by atoms with E-state index < -0.39 is 0 Å². The first-order valence-corrected chi connectivity index (χ1v) is 5.42. The summed E-state index contributed by atoms with van der Waals surface area (Å²) in [4.78, 5) is 0. The lowest BCUT2D eigenvalue weighted by Gasteiger charge is -2.01. The molecule has 0 atom stereocenters. The van der Waals surface area contributed by atoms with Crippen molar-refractivity contribution in [3.05, 3.63) is 48.8 Å². The van der Waals surface area contributed by atoms with E-state index in [1.54, 1.807) is 0 Å². The van der Waals surface area contributed by atoms with Crippen molar-refractivity contribution in [3.8, 4) is 11.8 Å². The fraction of sp³-hybridized carbons (Fsp3) is 0.231. The summed E-state index contributed by atoms with van der Waals surface area (Å²) in [5.74, 6) is 1.68. The third-order valence-electron chi connectivity index (χ3n) is 2.46. The lowest BCUT2D eigenvalue weighted by atomic mass is 10.4. The second kappa shape index (κ2) is 4.75. The second-order valence-electron chi connectivity index (χ2n) is 3.58. The molecule has 82 valence electrons. The van der Waals surface area contributed by atoms with Crippen LogP contribution in [0.1, 0.15) is 6.92 Å². The van der Waals surface area contributed by atoms with Gasteiger partial charge in [-0.3, -0.25) is 0 Å². The first-order valence-electron chi connectivity index (χ1n) is 5.42. The van der Waals surface area contributed by atoms with Gasteiger partial charge in [0.25, 0.3) is 0 Å². The largest absolute Gasteiger partial charge is 0.377 e. The molecule has 0 spiro atoms. The van der Waals surface area contributed by atoms with E-state index in [1.165, 1.54) is 0 Å². The Balaban J connectivity index is 2.30. The SMILES string of the molecule is CC[n+]1ccccc1Oc1cccc[n+]1C. The molecular formula is C13H16N2O+2. The van der Waals surface area contributed by atoms with E-state index in [0.717, 1.165) is 18.3 Å². The molecule has 0 N–H and O–H groups in total. The lowest BCUT2D eigenvalue weighted by Crippen LogP contribution is -2.35. The van der Waals surface area contributed by atoms with Crippen LogP contribution in [0.5, 0.6) is 11.8 Å². The Morgan fingerprint density at radius 1 is 1.00 bits per heavy atom. The van der Waals surface area contributed by atoms with Crippen molar-refractivity contribution in [1.29, 1.82) is 0 Å². The minimum Gasteiger partial charge on any atom is -0.348 e. The summed E-state index contributed by atoms with van der Waals surface area (Å²) >= 11 is 0. The summed E-state index contributed by atoms with van der Waals surface area (Å²) in [6.07, 6.45) is 3.98. The molecule has 0 amide bonds. The summed E-state index contributed by atoms with van der Waals surface area (Å²) in [5.41, 5.74) is 0. The summed E-state index contributed by atoms with van der Waals surface area (Å²) in [6, 6.07) is 11.8. The summed E-state index contributed by atoms with van der Waals surface area (Å²) in [7, 11) is 1.97. The van der Waals surface area contributed by atoms with Crippen LogP contribution in [0.25, 0.3) is 0 Å². The molecule has 16 heavy (non-hydrogen) atoms. The molecule has 0 unspecified atom stereocenters. The smallest absolute Gasteiger partial charge is 0.348 e. The zero-order valence-electron chi connectivity index (χ0n) is 9.63. The van der Waals surface area contributed by atoms with Gasteiger partial charge in [-0.1, -0.05) is 0 Å². The third kappa shape index (κ3) is 2.19. The molecule has 2 rings (SSSR count). The predicted octanol–water partition coefficient (Wildman–Crippen LogP) is 1.61. The molecule has 2 aromatic heterocycles. The van der Waals surface area contributed by atoms with Gasteiger partial charge in [0.15, 0.2) is 12.4 Å². The topological polar surface area (TPSA) is 17.0 Å². The molecule has 0 aliphatic carbocycles. The Morgan fingerprint density at radius 2 is 1.69 bits per heavy atom. The molecule has 3 heteroatoms. The molecule has 2 aromatic rings. The van der Waals surface area contributed by atoms with E-state index >= 15 is 0 Å². The van der Waals surface area contributed by atoms with Crippen LogP contribution in [0.2, 0.25) is 0 Å². The van der Waals surface area contributed by atoms with E-state index in [0.29, 0.717) is 0 Å². The molecule has 2 heterocycles. The van der Waals surface area contributed by atoms with Crippen LogP contribution in [0.15, 0.2) is 48.8 Å². The second-order valence-corrected chi connectivity index (χ2v) is 3.58.